The molecule has 0 saturated carbocycles. The van der Waals surface area contributed by atoms with Gasteiger partial charge in [0, 0.05) is 24.3 Å². The van der Waals surface area contributed by atoms with Gasteiger partial charge < -0.3 is 10.6 Å². The molecule has 0 radical (unpaired) electrons. The van der Waals surface area contributed by atoms with Gasteiger partial charge in [0.1, 0.15) is 11.6 Å². The molecular formula is C15H17F2N3OS. The molecule has 2 aromatic rings. The maximum atomic E-state index is 13.8. The SMILES string of the molecule is CC(=O)Nc1cc(NCc2csc(C(C)C)n2)c(F)cc1F. The Balaban J connectivity index is 2.12. The highest BCUT2D eigenvalue weighted by atomic mass is 32.1. The highest BCUT2D eigenvalue weighted by molar-refractivity contribution is 7.09. The molecule has 0 aliphatic heterocycles. The number of anilines is 2. The van der Waals surface area contributed by atoms with Crippen LogP contribution in [0.25, 0.3) is 0 Å². The number of amides is 1. The Morgan fingerprint density at radius 1 is 1.27 bits per heavy atom. The van der Waals surface area contributed by atoms with Gasteiger partial charge >= 0.3 is 0 Å². The van der Waals surface area contributed by atoms with Crippen molar-refractivity contribution in [3.63, 3.8) is 0 Å². The Labute approximate surface area is 131 Å². The first-order valence-electron chi connectivity index (χ1n) is 6.81. The molecule has 7 heteroatoms. The fraction of sp³-hybridized carbons (Fsp3) is 0.333. The summed E-state index contributed by atoms with van der Waals surface area (Å²) in [5.41, 5.74) is 0.847. The number of rotatable bonds is 5. The zero-order chi connectivity index (χ0) is 16.3. The van der Waals surface area contributed by atoms with Gasteiger partial charge in [-0.2, -0.15) is 0 Å². The largest absolute Gasteiger partial charge is 0.377 e. The molecule has 1 aromatic carbocycles. The molecule has 118 valence electrons. The lowest BCUT2D eigenvalue weighted by Gasteiger charge is -2.10. The smallest absolute Gasteiger partial charge is 0.221 e. The van der Waals surface area contributed by atoms with E-state index in [2.05, 4.69) is 29.5 Å². The molecular weight excluding hydrogens is 308 g/mol. The summed E-state index contributed by atoms with van der Waals surface area (Å²) < 4.78 is 27.3. The Bertz CT molecular complexity index is 685. The minimum atomic E-state index is -0.811. The van der Waals surface area contributed by atoms with Crippen molar-refractivity contribution in [2.75, 3.05) is 10.6 Å². The van der Waals surface area contributed by atoms with Crippen molar-refractivity contribution < 1.29 is 13.6 Å². The maximum Gasteiger partial charge on any atom is 0.221 e. The van der Waals surface area contributed by atoms with Crippen LogP contribution >= 0.6 is 11.3 Å². The lowest BCUT2D eigenvalue weighted by Crippen LogP contribution is -2.09. The molecule has 0 spiro atoms. The van der Waals surface area contributed by atoms with Gasteiger partial charge in [-0.3, -0.25) is 4.79 Å². The van der Waals surface area contributed by atoms with Crippen molar-refractivity contribution in [1.29, 1.82) is 0 Å². The molecule has 1 heterocycles. The van der Waals surface area contributed by atoms with Crippen molar-refractivity contribution in [1.82, 2.24) is 4.98 Å². The van der Waals surface area contributed by atoms with E-state index < -0.39 is 17.5 Å². The molecule has 0 bridgehead atoms. The lowest BCUT2D eigenvalue weighted by molar-refractivity contribution is -0.114. The maximum absolute atomic E-state index is 13.8. The Morgan fingerprint density at radius 3 is 2.55 bits per heavy atom. The summed E-state index contributed by atoms with van der Waals surface area (Å²) in [4.78, 5) is 15.4. The minimum Gasteiger partial charge on any atom is -0.377 e. The van der Waals surface area contributed by atoms with Gasteiger partial charge in [-0.15, -0.1) is 11.3 Å². The average molecular weight is 325 g/mol. The minimum absolute atomic E-state index is 0.0578. The summed E-state index contributed by atoms with van der Waals surface area (Å²) >= 11 is 1.55. The number of benzene rings is 1. The van der Waals surface area contributed by atoms with E-state index >= 15 is 0 Å². The van der Waals surface area contributed by atoms with E-state index in [-0.39, 0.29) is 11.4 Å². The zero-order valence-electron chi connectivity index (χ0n) is 12.5. The quantitative estimate of drug-likeness (QED) is 0.869. The third-order valence-electron chi connectivity index (χ3n) is 2.89. The summed E-state index contributed by atoms with van der Waals surface area (Å²) in [6.45, 7) is 5.69. The number of carbonyl (C=O) groups is 1. The van der Waals surface area contributed by atoms with E-state index in [1.54, 1.807) is 11.3 Å². The van der Waals surface area contributed by atoms with Crippen LogP contribution in [-0.4, -0.2) is 10.9 Å². The van der Waals surface area contributed by atoms with Crippen LogP contribution in [0.2, 0.25) is 0 Å². The van der Waals surface area contributed by atoms with Crippen LogP contribution in [0.15, 0.2) is 17.5 Å². The third kappa shape index (κ3) is 4.00. The van der Waals surface area contributed by atoms with Crippen molar-refractivity contribution in [2.24, 2.45) is 0 Å². The van der Waals surface area contributed by atoms with E-state index in [4.69, 9.17) is 0 Å². The number of thiazole rings is 1. The van der Waals surface area contributed by atoms with E-state index in [9.17, 15) is 13.6 Å². The van der Waals surface area contributed by atoms with Crippen LogP contribution < -0.4 is 10.6 Å². The molecule has 0 saturated heterocycles. The Hall–Kier alpha value is -2.02. The number of aromatic nitrogens is 1. The van der Waals surface area contributed by atoms with Crippen molar-refractivity contribution in [3.8, 4) is 0 Å². The highest BCUT2D eigenvalue weighted by Gasteiger charge is 2.12. The summed E-state index contributed by atoms with van der Waals surface area (Å²) in [7, 11) is 0. The van der Waals surface area contributed by atoms with Gasteiger partial charge in [-0.1, -0.05) is 13.8 Å². The van der Waals surface area contributed by atoms with Gasteiger partial charge in [-0.25, -0.2) is 13.8 Å². The predicted octanol–water partition coefficient (Wildman–Crippen LogP) is 4.12. The molecule has 1 aromatic heterocycles. The fourth-order valence-electron chi connectivity index (χ4n) is 1.82. The molecule has 0 unspecified atom stereocenters. The van der Waals surface area contributed by atoms with E-state index in [1.807, 2.05) is 5.38 Å². The second-order valence-corrected chi connectivity index (χ2v) is 6.07. The van der Waals surface area contributed by atoms with Crippen LogP contribution in [0, 0.1) is 11.6 Å². The summed E-state index contributed by atoms with van der Waals surface area (Å²) in [5.74, 6) is -1.61. The number of nitrogens with zero attached hydrogens (tertiary/aromatic N) is 1. The predicted molar refractivity (Wildman–Crippen MR) is 84.2 cm³/mol. The molecule has 0 aliphatic carbocycles. The Morgan fingerprint density at radius 2 is 1.95 bits per heavy atom. The van der Waals surface area contributed by atoms with E-state index in [1.165, 1.54) is 13.0 Å². The normalized spacial score (nSPS) is 10.8. The highest BCUT2D eigenvalue weighted by Crippen LogP contribution is 2.25. The molecule has 2 N–H and O–H groups in total. The lowest BCUT2D eigenvalue weighted by atomic mass is 10.2. The standard InChI is InChI=1S/C15H17F2N3OS/c1-8(2)15-20-10(7-22-15)6-18-13-5-14(19-9(3)21)12(17)4-11(13)16/h4-5,7-8,18H,6H2,1-3H3,(H,19,21). The molecule has 0 atom stereocenters. The zero-order valence-corrected chi connectivity index (χ0v) is 13.4. The molecule has 0 aliphatic rings. The van der Waals surface area contributed by atoms with Gasteiger partial charge in [-0.05, 0) is 6.07 Å². The average Bonchev–Trinajstić information content (AvgIpc) is 2.89. The van der Waals surface area contributed by atoms with Crippen LogP contribution in [0.3, 0.4) is 0 Å². The van der Waals surface area contributed by atoms with Gasteiger partial charge in [0.2, 0.25) is 5.91 Å². The van der Waals surface area contributed by atoms with Crippen molar-refractivity contribution >= 4 is 28.6 Å². The summed E-state index contributed by atoms with van der Waals surface area (Å²) in [5, 5.41) is 8.11. The molecule has 2 rings (SSSR count). The summed E-state index contributed by atoms with van der Waals surface area (Å²) in [6, 6.07) is 1.98. The first kappa shape index (κ1) is 16.4. The van der Waals surface area contributed by atoms with Crippen LogP contribution in [0.5, 0.6) is 0 Å². The summed E-state index contributed by atoms with van der Waals surface area (Å²) in [6.07, 6.45) is 0. The third-order valence-corrected chi connectivity index (χ3v) is 4.08. The van der Waals surface area contributed by atoms with Gasteiger partial charge in [0.25, 0.3) is 0 Å². The fourth-order valence-corrected chi connectivity index (χ4v) is 2.66. The van der Waals surface area contributed by atoms with Gasteiger partial charge in [0.05, 0.1) is 28.6 Å². The molecule has 1 amide bonds. The monoisotopic (exact) mass is 325 g/mol. The van der Waals surface area contributed by atoms with Crippen molar-refractivity contribution in [2.45, 2.75) is 33.2 Å². The Kier molecular flexibility index (Phi) is 5.07. The second-order valence-electron chi connectivity index (χ2n) is 5.18. The van der Waals surface area contributed by atoms with Gasteiger partial charge in [0.15, 0.2) is 0 Å². The number of hydrogen-bond acceptors (Lipinski definition) is 4. The molecule has 22 heavy (non-hydrogen) atoms. The topological polar surface area (TPSA) is 54.0 Å². The number of carbonyl (C=O) groups excluding carboxylic acids is 1. The molecule has 4 nitrogen and oxygen atoms in total. The first-order valence-corrected chi connectivity index (χ1v) is 7.69. The van der Waals surface area contributed by atoms with Crippen LogP contribution in [-0.2, 0) is 11.3 Å². The number of nitrogens with one attached hydrogen (secondary N) is 2. The first-order chi connectivity index (χ1) is 10.4. The van der Waals surface area contributed by atoms with E-state index in [0.717, 1.165) is 16.8 Å². The van der Waals surface area contributed by atoms with E-state index in [0.29, 0.717) is 12.5 Å². The number of hydrogen-bond donors (Lipinski definition) is 2. The second kappa shape index (κ2) is 6.83. The molecule has 0 fully saturated rings. The number of halogens is 2. The van der Waals surface area contributed by atoms with Crippen LogP contribution in [0.4, 0.5) is 20.2 Å². The van der Waals surface area contributed by atoms with Crippen LogP contribution in [0.1, 0.15) is 37.4 Å². The van der Waals surface area contributed by atoms with Crippen molar-refractivity contribution in [3.05, 3.63) is 39.8 Å².